The van der Waals surface area contributed by atoms with Crippen LogP contribution < -0.4 is 4.90 Å². The molecule has 0 N–H and O–H groups in total. The summed E-state index contributed by atoms with van der Waals surface area (Å²) < 4.78 is 7.56. The lowest BCUT2D eigenvalue weighted by Gasteiger charge is -2.20. The summed E-state index contributed by atoms with van der Waals surface area (Å²) in [6.45, 7) is 9.28. The second-order valence-electron chi connectivity index (χ2n) is 6.82. The van der Waals surface area contributed by atoms with Gasteiger partial charge < -0.3 is 14.2 Å². The maximum atomic E-state index is 11.5. The summed E-state index contributed by atoms with van der Waals surface area (Å²) in [5, 5.41) is 0. The molecule has 2 unspecified atom stereocenters. The van der Waals surface area contributed by atoms with Gasteiger partial charge in [-0.25, -0.2) is 14.8 Å². The predicted molar refractivity (Wildman–Crippen MR) is 99.9 cm³/mol. The molecule has 2 atom stereocenters. The monoisotopic (exact) mass is 406 g/mol. The molecule has 25 heavy (non-hydrogen) atoms. The number of hydrogen-bond donors (Lipinski definition) is 0. The first-order chi connectivity index (χ1) is 11.9. The third kappa shape index (κ3) is 3.71. The third-order valence-electron chi connectivity index (χ3n) is 4.92. The van der Waals surface area contributed by atoms with Crippen LogP contribution in [-0.2, 0) is 11.3 Å². The van der Waals surface area contributed by atoms with Crippen LogP contribution in [0.5, 0.6) is 0 Å². The zero-order valence-corrected chi connectivity index (χ0v) is 16.6. The van der Waals surface area contributed by atoms with Crippen molar-refractivity contribution in [2.75, 3.05) is 25.1 Å². The van der Waals surface area contributed by atoms with Crippen molar-refractivity contribution in [3.63, 3.8) is 0 Å². The van der Waals surface area contributed by atoms with E-state index in [1.807, 2.05) is 11.5 Å². The van der Waals surface area contributed by atoms with E-state index >= 15 is 0 Å². The Balaban J connectivity index is 1.81. The maximum absolute atomic E-state index is 11.5. The summed E-state index contributed by atoms with van der Waals surface area (Å²) in [4.78, 5) is 22.8. The molecule has 1 fully saturated rings. The lowest BCUT2D eigenvalue weighted by Crippen LogP contribution is -2.22. The maximum Gasteiger partial charge on any atom is 0.358 e. The Morgan fingerprint density at radius 3 is 2.68 bits per heavy atom. The molecule has 1 aliphatic rings. The van der Waals surface area contributed by atoms with E-state index in [1.54, 1.807) is 12.5 Å². The highest BCUT2D eigenvalue weighted by molar-refractivity contribution is 9.10. The van der Waals surface area contributed by atoms with Gasteiger partial charge in [-0.1, -0.05) is 13.8 Å². The quantitative estimate of drug-likeness (QED) is 0.729. The number of pyridine rings is 1. The number of anilines is 1. The van der Waals surface area contributed by atoms with E-state index in [2.05, 4.69) is 45.7 Å². The summed E-state index contributed by atoms with van der Waals surface area (Å²) in [5.74, 6) is 1.94. The minimum absolute atomic E-state index is 0.309. The number of esters is 1. The number of carbonyl (C=O) groups excluding carboxylic acids is 1. The molecule has 1 saturated heterocycles. The van der Waals surface area contributed by atoms with E-state index < -0.39 is 5.97 Å². The van der Waals surface area contributed by atoms with Gasteiger partial charge >= 0.3 is 5.97 Å². The molecule has 7 heteroatoms. The zero-order chi connectivity index (χ0) is 18.1. The van der Waals surface area contributed by atoms with Gasteiger partial charge in [0.25, 0.3) is 0 Å². The van der Waals surface area contributed by atoms with Crippen LogP contribution in [0.25, 0.3) is 0 Å². The van der Waals surface area contributed by atoms with E-state index in [-0.39, 0.29) is 0 Å². The number of nitrogens with zero attached hydrogens (tertiary/aromatic N) is 4. The SMILES string of the molecule is COC(=O)c1cn(Cc2cc(Br)c(N3CC(C)C(C)C3)nc2C)cn1. The van der Waals surface area contributed by atoms with Crippen LogP contribution in [0.3, 0.4) is 0 Å². The second kappa shape index (κ2) is 7.15. The number of hydrogen-bond acceptors (Lipinski definition) is 5. The van der Waals surface area contributed by atoms with E-state index in [9.17, 15) is 4.79 Å². The molecule has 2 aromatic rings. The minimum atomic E-state index is -0.428. The van der Waals surface area contributed by atoms with Gasteiger partial charge in [0, 0.05) is 25.0 Å². The van der Waals surface area contributed by atoms with Crippen LogP contribution in [-0.4, -0.2) is 40.7 Å². The fraction of sp³-hybridized carbons (Fsp3) is 0.500. The molecule has 0 aromatic carbocycles. The van der Waals surface area contributed by atoms with E-state index in [0.717, 1.165) is 34.6 Å². The highest BCUT2D eigenvalue weighted by Gasteiger charge is 2.28. The Hall–Kier alpha value is -1.89. The Kier molecular flexibility index (Phi) is 5.13. The van der Waals surface area contributed by atoms with Crippen LogP contribution in [0, 0.1) is 18.8 Å². The van der Waals surface area contributed by atoms with Crippen molar-refractivity contribution in [2.45, 2.75) is 27.3 Å². The van der Waals surface area contributed by atoms with Crippen molar-refractivity contribution >= 4 is 27.7 Å². The third-order valence-corrected chi connectivity index (χ3v) is 5.50. The molecule has 1 aliphatic heterocycles. The Morgan fingerprint density at radius 1 is 1.36 bits per heavy atom. The van der Waals surface area contributed by atoms with E-state index in [0.29, 0.717) is 24.1 Å². The normalized spacial score (nSPS) is 20.1. The Morgan fingerprint density at radius 2 is 2.04 bits per heavy atom. The lowest BCUT2D eigenvalue weighted by molar-refractivity contribution is 0.0594. The standard InChI is InChI=1S/C18H23BrN4O2/c1-11-6-23(7-12(11)2)17-15(19)5-14(13(3)21-17)8-22-9-16(20-10-22)18(24)25-4/h5,9-12H,6-8H2,1-4H3. The van der Waals surface area contributed by atoms with E-state index in [1.165, 1.54) is 7.11 Å². The Labute approximate surface area is 156 Å². The average Bonchev–Trinajstić information content (AvgIpc) is 3.17. The highest BCUT2D eigenvalue weighted by Crippen LogP contribution is 2.32. The largest absolute Gasteiger partial charge is 0.464 e. The summed E-state index contributed by atoms with van der Waals surface area (Å²) in [5.41, 5.74) is 2.38. The number of rotatable bonds is 4. The topological polar surface area (TPSA) is 60.2 Å². The predicted octanol–water partition coefficient (Wildman–Crippen LogP) is 3.28. The first-order valence-corrected chi connectivity index (χ1v) is 9.19. The molecule has 6 nitrogen and oxygen atoms in total. The smallest absolute Gasteiger partial charge is 0.358 e. The summed E-state index contributed by atoms with van der Waals surface area (Å²) >= 11 is 3.68. The van der Waals surface area contributed by atoms with Crippen molar-refractivity contribution in [1.29, 1.82) is 0 Å². The van der Waals surface area contributed by atoms with Crippen LogP contribution in [0.1, 0.15) is 35.6 Å². The van der Waals surface area contributed by atoms with Crippen LogP contribution in [0.4, 0.5) is 5.82 Å². The number of imidazole rings is 1. The molecule has 134 valence electrons. The van der Waals surface area contributed by atoms with Gasteiger partial charge in [-0.15, -0.1) is 0 Å². The molecule has 3 rings (SSSR count). The van der Waals surface area contributed by atoms with Crippen LogP contribution in [0.2, 0.25) is 0 Å². The van der Waals surface area contributed by atoms with Crippen molar-refractivity contribution in [1.82, 2.24) is 14.5 Å². The number of methoxy groups -OCH3 is 1. The van der Waals surface area contributed by atoms with Gasteiger partial charge in [-0.05, 0) is 46.3 Å². The molecular formula is C18H23BrN4O2. The number of ether oxygens (including phenoxy) is 1. The second-order valence-corrected chi connectivity index (χ2v) is 7.68. The van der Waals surface area contributed by atoms with Gasteiger partial charge in [0.15, 0.2) is 5.69 Å². The summed E-state index contributed by atoms with van der Waals surface area (Å²) in [6, 6.07) is 2.11. The molecule has 2 aromatic heterocycles. The average molecular weight is 407 g/mol. The van der Waals surface area contributed by atoms with Crippen molar-refractivity contribution < 1.29 is 9.53 Å². The summed E-state index contributed by atoms with van der Waals surface area (Å²) in [6.07, 6.45) is 3.33. The molecule has 0 spiro atoms. The molecule has 0 bridgehead atoms. The minimum Gasteiger partial charge on any atom is -0.464 e. The van der Waals surface area contributed by atoms with Gasteiger partial charge in [0.05, 0.1) is 24.5 Å². The lowest BCUT2D eigenvalue weighted by atomic mass is 10.0. The van der Waals surface area contributed by atoms with Gasteiger partial charge in [-0.2, -0.15) is 0 Å². The zero-order valence-electron chi connectivity index (χ0n) is 15.0. The van der Waals surface area contributed by atoms with Gasteiger partial charge in [0.2, 0.25) is 0 Å². The Bertz CT molecular complexity index is 779. The molecule has 0 aliphatic carbocycles. The first-order valence-electron chi connectivity index (χ1n) is 8.40. The number of aryl methyl sites for hydroxylation is 1. The molecule has 0 amide bonds. The molecular weight excluding hydrogens is 384 g/mol. The first kappa shape index (κ1) is 17.9. The summed E-state index contributed by atoms with van der Waals surface area (Å²) in [7, 11) is 1.35. The van der Waals surface area contributed by atoms with Crippen LogP contribution in [0.15, 0.2) is 23.1 Å². The molecule has 0 saturated carbocycles. The van der Waals surface area contributed by atoms with Crippen molar-refractivity contribution in [3.8, 4) is 0 Å². The highest BCUT2D eigenvalue weighted by atomic mass is 79.9. The van der Waals surface area contributed by atoms with Crippen molar-refractivity contribution in [2.24, 2.45) is 11.8 Å². The van der Waals surface area contributed by atoms with Crippen molar-refractivity contribution in [3.05, 3.63) is 40.0 Å². The fourth-order valence-corrected chi connectivity index (χ4v) is 3.76. The molecule has 0 radical (unpaired) electrons. The van der Waals surface area contributed by atoms with Gasteiger partial charge in [0.1, 0.15) is 5.82 Å². The molecule has 3 heterocycles. The van der Waals surface area contributed by atoms with Crippen LogP contribution >= 0.6 is 15.9 Å². The number of halogens is 1. The number of carbonyl (C=O) groups is 1. The van der Waals surface area contributed by atoms with E-state index in [4.69, 9.17) is 9.72 Å². The fourth-order valence-electron chi connectivity index (χ4n) is 3.14. The van der Waals surface area contributed by atoms with Gasteiger partial charge in [-0.3, -0.25) is 0 Å². The number of aromatic nitrogens is 3.